The lowest BCUT2D eigenvalue weighted by molar-refractivity contribution is 0.190. The Balaban J connectivity index is 1.58. The average Bonchev–Trinajstić information content (AvgIpc) is 3.32. The van der Waals surface area contributed by atoms with Gasteiger partial charge in [-0.15, -0.1) is 5.10 Å². The van der Waals surface area contributed by atoms with E-state index in [1.807, 2.05) is 35.9 Å². The number of anilines is 1. The highest BCUT2D eigenvalue weighted by Crippen LogP contribution is 2.32. The number of pyridine rings is 1. The summed E-state index contributed by atoms with van der Waals surface area (Å²) in [7, 11) is 0. The molecule has 0 aliphatic carbocycles. The topological polar surface area (TPSA) is 82.9 Å². The molecule has 0 amide bonds. The summed E-state index contributed by atoms with van der Waals surface area (Å²) < 4.78 is 1.84. The predicted molar refractivity (Wildman–Crippen MR) is 149 cm³/mol. The van der Waals surface area contributed by atoms with E-state index in [1.54, 1.807) is 0 Å². The lowest BCUT2D eigenvalue weighted by atomic mass is 9.98. The molecule has 1 saturated heterocycles. The van der Waals surface area contributed by atoms with Crippen molar-refractivity contribution >= 4 is 28.2 Å². The van der Waals surface area contributed by atoms with Gasteiger partial charge in [-0.3, -0.25) is 9.69 Å². The van der Waals surface area contributed by atoms with Crippen LogP contribution in [-0.2, 0) is 5.54 Å². The van der Waals surface area contributed by atoms with Crippen LogP contribution in [0, 0.1) is 20.8 Å². The Morgan fingerprint density at radius 1 is 0.973 bits per heavy atom. The van der Waals surface area contributed by atoms with Crippen molar-refractivity contribution in [3.63, 3.8) is 0 Å². The van der Waals surface area contributed by atoms with E-state index >= 15 is 0 Å². The van der Waals surface area contributed by atoms with Gasteiger partial charge >= 0.3 is 0 Å². The smallest absolute Gasteiger partial charge is 0.253 e. The molecule has 5 rings (SSSR count). The van der Waals surface area contributed by atoms with Crippen LogP contribution in [0.5, 0.6) is 0 Å². The number of benzene rings is 2. The molecule has 194 valence electrons. The predicted octanol–water partition coefficient (Wildman–Crippen LogP) is 4.76. The largest absolute Gasteiger partial charge is 0.369 e. The van der Waals surface area contributed by atoms with Crippen molar-refractivity contribution in [2.24, 2.45) is 0 Å². The Hall–Kier alpha value is -3.23. The molecule has 2 aromatic carbocycles. The highest BCUT2D eigenvalue weighted by atomic mass is 35.5. The van der Waals surface area contributed by atoms with Crippen molar-refractivity contribution in [1.29, 1.82) is 0 Å². The molecule has 0 saturated carbocycles. The van der Waals surface area contributed by atoms with Crippen LogP contribution in [-0.4, -0.2) is 56.3 Å². The van der Waals surface area contributed by atoms with Crippen LogP contribution in [0.15, 0.2) is 41.2 Å². The second-order valence-electron chi connectivity index (χ2n) is 11.1. The number of aromatic amines is 1. The number of piperazine rings is 1. The maximum Gasteiger partial charge on any atom is 0.253 e. The van der Waals surface area contributed by atoms with Crippen molar-refractivity contribution in [3.8, 4) is 0 Å². The van der Waals surface area contributed by atoms with E-state index in [0.29, 0.717) is 11.4 Å². The molecule has 3 heterocycles. The van der Waals surface area contributed by atoms with Crippen molar-refractivity contribution in [1.82, 2.24) is 30.1 Å². The number of H-pyrrole nitrogens is 1. The average molecular weight is 520 g/mol. The molecule has 1 atom stereocenters. The minimum atomic E-state index is -0.384. The minimum absolute atomic E-state index is 0.112. The molecule has 0 bridgehead atoms. The summed E-state index contributed by atoms with van der Waals surface area (Å²) >= 11 is 6.31. The Kier molecular flexibility index (Phi) is 6.58. The highest BCUT2D eigenvalue weighted by molar-refractivity contribution is 6.30. The number of hydrogen-bond acceptors (Lipinski definition) is 6. The Labute approximate surface area is 222 Å². The molecular weight excluding hydrogens is 486 g/mol. The van der Waals surface area contributed by atoms with Gasteiger partial charge < -0.3 is 9.88 Å². The fraction of sp³-hybridized carbons (Fsp3) is 0.429. The number of fused-ring (bicyclic) bond motifs is 1. The van der Waals surface area contributed by atoms with Crippen molar-refractivity contribution in [3.05, 3.63) is 79.9 Å². The molecule has 1 aliphatic heterocycles. The molecule has 0 radical (unpaired) electrons. The van der Waals surface area contributed by atoms with Gasteiger partial charge in [-0.25, -0.2) is 4.68 Å². The third-order valence-corrected chi connectivity index (χ3v) is 7.44. The quantitative estimate of drug-likeness (QED) is 0.418. The first kappa shape index (κ1) is 25.4. The summed E-state index contributed by atoms with van der Waals surface area (Å²) in [5.41, 5.74) is 5.65. The molecule has 8 nitrogen and oxygen atoms in total. The third-order valence-electron chi connectivity index (χ3n) is 7.20. The van der Waals surface area contributed by atoms with Crippen molar-refractivity contribution in [2.75, 3.05) is 31.1 Å². The molecule has 1 aliphatic rings. The van der Waals surface area contributed by atoms with Gasteiger partial charge in [-0.05, 0) is 92.9 Å². The normalized spacial score (nSPS) is 15.9. The zero-order valence-electron chi connectivity index (χ0n) is 22.3. The van der Waals surface area contributed by atoms with E-state index in [2.05, 4.69) is 77.1 Å². The molecule has 4 aromatic rings. The zero-order valence-corrected chi connectivity index (χ0v) is 23.1. The minimum Gasteiger partial charge on any atom is -0.369 e. The lowest BCUT2D eigenvalue weighted by Gasteiger charge is -2.40. The summed E-state index contributed by atoms with van der Waals surface area (Å²) in [6.45, 7) is 15.5. The Morgan fingerprint density at radius 2 is 1.70 bits per heavy atom. The van der Waals surface area contributed by atoms with E-state index in [4.69, 9.17) is 11.6 Å². The van der Waals surface area contributed by atoms with Crippen molar-refractivity contribution < 1.29 is 0 Å². The number of nitrogens with one attached hydrogen (secondary N) is 1. The maximum atomic E-state index is 13.6. The Morgan fingerprint density at radius 3 is 2.41 bits per heavy atom. The molecule has 37 heavy (non-hydrogen) atoms. The summed E-state index contributed by atoms with van der Waals surface area (Å²) in [5, 5.41) is 14.6. The van der Waals surface area contributed by atoms with Crippen LogP contribution in [0.2, 0.25) is 5.02 Å². The zero-order chi connectivity index (χ0) is 26.5. The lowest BCUT2D eigenvalue weighted by Crippen LogP contribution is -2.49. The highest BCUT2D eigenvalue weighted by Gasteiger charge is 2.35. The number of aryl methyl sites for hydroxylation is 3. The molecule has 0 spiro atoms. The first-order valence-electron chi connectivity index (χ1n) is 12.7. The van der Waals surface area contributed by atoms with E-state index in [0.717, 1.165) is 58.9 Å². The van der Waals surface area contributed by atoms with Crippen LogP contribution >= 0.6 is 11.6 Å². The van der Waals surface area contributed by atoms with Crippen LogP contribution in [0.4, 0.5) is 5.69 Å². The fourth-order valence-electron chi connectivity index (χ4n) is 5.38. The van der Waals surface area contributed by atoms with E-state index < -0.39 is 0 Å². The van der Waals surface area contributed by atoms with E-state index in [9.17, 15) is 4.79 Å². The first-order valence-corrected chi connectivity index (χ1v) is 13.1. The fourth-order valence-corrected chi connectivity index (χ4v) is 5.54. The van der Waals surface area contributed by atoms with Crippen LogP contribution < -0.4 is 10.5 Å². The number of hydrogen-bond donors (Lipinski definition) is 1. The van der Waals surface area contributed by atoms with Gasteiger partial charge in [0, 0.05) is 53.4 Å². The standard InChI is InChI=1S/C28H34ClN7O/c1-17-13-19(3)21-16-22(27(37)30-23(21)14-17)25(26-31-32-33-36(26)28(4,5)6)35-11-9-34(10-12-35)24-15-20(29)8-7-18(24)2/h7-8,13-16,25H,9-12H2,1-6H3,(H,30,37). The van der Waals surface area contributed by atoms with Crippen LogP contribution in [0.1, 0.15) is 54.9 Å². The van der Waals surface area contributed by atoms with E-state index in [1.165, 1.54) is 5.56 Å². The number of halogens is 1. The van der Waals surface area contributed by atoms with Crippen molar-refractivity contribution in [2.45, 2.75) is 53.1 Å². The van der Waals surface area contributed by atoms with Crippen LogP contribution in [0.25, 0.3) is 10.9 Å². The van der Waals surface area contributed by atoms with Gasteiger partial charge in [0.2, 0.25) is 0 Å². The number of nitrogens with zero attached hydrogens (tertiary/aromatic N) is 6. The summed E-state index contributed by atoms with van der Waals surface area (Å²) in [6, 6.07) is 11.8. The van der Waals surface area contributed by atoms with Gasteiger partial charge in [0.25, 0.3) is 5.56 Å². The van der Waals surface area contributed by atoms with Gasteiger partial charge in [0.1, 0.15) is 6.04 Å². The molecular formula is C28H34ClN7O. The molecule has 1 fully saturated rings. The summed E-state index contributed by atoms with van der Waals surface area (Å²) in [6.07, 6.45) is 0. The van der Waals surface area contributed by atoms with Gasteiger partial charge in [0.15, 0.2) is 5.82 Å². The number of aromatic nitrogens is 5. The third kappa shape index (κ3) is 4.88. The molecule has 9 heteroatoms. The van der Waals surface area contributed by atoms with E-state index in [-0.39, 0.29) is 17.1 Å². The van der Waals surface area contributed by atoms with Gasteiger partial charge in [-0.1, -0.05) is 23.7 Å². The number of tetrazole rings is 1. The molecule has 1 unspecified atom stereocenters. The summed E-state index contributed by atoms with van der Waals surface area (Å²) in [4.78, 5) is 21.4. The summed E-state index contributed by atoms with van der Waals surface area (Å²) in [5.74, 6) is 0.675. The maximum absolute atomic E-state index is 13.6. The molecule has 2 aromatic heterocycles. The van der Waals surface area contributed by atoms with Crippen LogP contribution in [0.3, 0.4) is 0 Å². The molecule has 1 N–H and O–H groups in total. The SMILES string of the molecule is Cc1cc(C)c2cc(C(c3nnnn3C(C)(C)C)N3CCN(c4cc(Cl)ccc4C)CC3)c(=O)[nH]c2c1. The second-order valence-corrected chi connectivity index (χ2v) is 11.5. The van der Waals surface area contributed by atoms with Gasteiger partial charge in [-0.2, -0.15) is 0 Å². The second kappa shape index (κ2) is 9.58. The van der Waals surface area contributed by atoms with Gasteiger partial charge in [0.05, 0.1) is 5.54 Å². The monoisotopic (exact) mass is 519 g/mol. The Bertz CT molecular complexity index is 1510. The first-order chi connectivity index (χ1) is 17.5. The number of rotatable bonds is 4.